The van der Waals surface area contributed by atoms with Gasteiger partial charge in [-0.2, -0.15) is 0 Å². The van der Waals surface area contributed by atoms with Gasteiger partial charge in [0.25, 0.3) is 0 Å². The zero-order chi connectivity index (χ0) is 46.8. The van der Waals surface area contributed by atoms with Gasteiger partial charge >= 0.3 is 0 Å². The van der Waals surface area contributed by atoms with Gasteiger partial charge in [-0.15, -0.1) is 0 Å². The molecular formula is C59H64N8O2. The molecule has 5 aromatic carbocycles. The highest BCUT2D eigenvalue weighted by Gasteiger charge is 2.41. The zero-order valence-corrected chi connectivity index (χ0v) is 40.0. The standard InChI is InChI=1S/C59H64N8O2/c1-3-5-17-40(4-2)54(64-30-11-7-12-31-64)58(68)66-34-15-20-52(66)56-60-48-28-26-45(38-50(48)62-56)43-24-22-41-23-25-44(37-47(41)36-43)46-27-29-49-51(39-46)63-57(61-49)53-21-16-35-67(53)59(69)55(42-18-9-6-10-19-42)65-32-13-8-14-33-65/h3-6,9-10,17-19,22-29,36-39,52-55H,1,7-8,11-16,20-21,30-35H2,2H3,(H,60,62)(H,61,63). The van der Waals surface area contributed by atoms with Gasteiger partial charge in [-0.1, -0.05) is 110 Å². The van der Waals surface area contributed by atoms with Crippen molar-refractivity contribution in [3.63, 3.8) is 0 Å². The fraction of sp³-hybridized carbons (Fsp3) is 0.356. The fourth-order valence-corrected chi connectivity index (χ4v) is 11.8. The lowest BCUT2D eigenvalue weighted by Crippen LogP contribution is -2.51. The van der Waals surface area contributed by atoms with E-state index in [9.17, 15) is 9.59 Å². The van der Waals surface area contributed by atoms with Crippen molar-refractivity contribution in [3.05, 3.63) is 157 Å². The summed E-state index contributed by atoms with van der Waals surface area (Å²) in [4.78, 5) is 55.7. The Morgan fingerprint density at radius 3 is 1.67 bits per heavy atom. The number of amides is 2. The van der Waals surface area contributed by atoms with Gasteiger partial charge in [-0.3, -0.25) is 19.4 Å². The molecule has 0 spiro atoms. The molecular weight excluding hydrogens is 853 g/mol. The van der Waals surface area contributed by atoms with Crippen molar-refractivity contribution in [2.75, 3.05) is 39.3 Å². The summed E-state index contributed by atoms with van der Waals surface area (Å²) in [5.41, 5.74) is 10.4. The number of carbonyl (C=O) groups excluding carboxylic acids is 2. The lowest BCUT2D eigenvalue weighted by molar-refractivity contribution is -0.139. The highest BCUT2D eigenvalue weighted by Crippen LogP contribution is 2.39. The monoisotopic (exact) mass is 917 g/mol. The van der Waals surface area contributed by atoms with E-state index in [0.717, 1.165) is 163 Å². The van der Waals surface area contributed by atoms with Crippen LogP contribution in [-0.2, 0) is 9.59 Å². The number of aromatic amines is 2. The van der Waals surface area contributed by atoms with Crippen LogP contribution in [0.5, 0.6) is 0 Å². The van der Waals surface area contributed by atoms with Crippen molar-refractivity contribution < 1.29 is 9.59 Å². The lowest BCUT2D eigenvalue weighted by atomic mass is 9.97. The number of piperidine rings is 2. The van der Waals surface area contributed by atoms with Crippen molar-refractivity contribution in [1.82, 2.24) is 39.5 Å². The third kappa shape index (κ3) is 8.96. The Labute approximate surface area is 405 Å². The fourth-order valence-electron chi connectivity index (χ4n) is 11.8. The summed E-state index contributed by atoms with van der Waals surface area (Å²) >= 11 is 0. The molecule has 10 nitrogen and oxygen atoms in total. The molecule has 2 amide bonds. The number of carbonyl (C=O) groups is 2. The van der Waals surface area contributed by atoms with Crippen LogP contribution in [0.3, 0.4) is 0 Å². The molecule has 0 radical (unpaired) electrons. The van der Waals surface area contributed by atoms with E-state index < -0.39 is 0 Å². The van der Waals surface area contributed by atoms with E-state index in [0.29, 0.717) is 0 Å². The third-order valence-electron chi connectivity index (χ3n) is 15.4. The summed E-state index contributed by atoms with van der Waals surface area (Å²) in [6, 6.07) is 35.9. The molecule has 2 N–H and O–H groups in total. The van der Waals surface area contributed by atoms with Crippen LogP contribution in [0.4, 0.5) is 0 Å². The molecule has 4 atom stereocenters. The Hall–Kier alpha value is -6.62. The van der Waals surface area contributed by atoms with E-state index in [2.05, 4.69) is 139 Å². The van der Waals surface area contributed by atoms with Gasteiger partial charge < -0.3 is 19.8 Å². The van der Waals surface area contributed by atoms with Crippen LogP contribution in [0.25, 0.3) is 55.1 Å². The van der Waals surface area contributed by atoms with Gasteiger partial charge in [0.05, 0.1) is 34.2 Å². The van der Waals surface area contributed by atoms with Crippen molar-refractivity contribution >= 4 is 44.7 Å². The van der Waals surface area contributed by atoms with Gasteiger partial charge in [0.1, 0.15) is 23.7 Å². The van der Waals surface area contributed by atoms with Crippen LogP contribution in [0, 0.1) is 0 Å². The maximum atomic E-state index is 14.6. The Morgan fingerprint density at radius 2 is 1.12 bits per heavy atom. The summed E-state index contributed by atoms with van der Waals surface area (Å²) in [6.45, 7) is 11.1. The van der Waals surface area contributed by atoms with Crippen LogP contribution in [0.2, 0.25) is 0 Å². The molecule has 2 aromatic heterocycles. The Morgan fingerprint density at radius 1 is 0.594 bits per heavy atom. The molecule has 10 heteroatoms. The minimum atomic E-state index is -0.313. The largest absolute Gasteiger partial charge is 0.340 e. The summed E-state index contributed by atoms with van der Waals surface area (Å²) in [5.74, 6) is 2.08. The van der Waals surface area contributed by atoms with Crippen molar-refractivity contribution in [2.24, 2.45) is 0 Å². The minimum absolute atomic E-state index is 0.0817. The predicted molar refractivity (Wildman–Crippen MR) is 278 cm³/mol. The number of benzene rings is 5. The Balaban J connectivity index is 0.828. The first kappa shape index (κ1) is 44.9. The molecule has 4 aliphatic heterocycles. The first-order valence-electron chi connectivity index (χ1n) is 25.6. The van der Waals surface area contributed by atoms with Gasteiger partial charge in [0.15, 0.2) is 0 Å². The topological polar surface area (TPSA) is 104 Å². The number of aromatic nitrogens is 4. The van der Waals surface area contributed by atoms with Crippen LogP contribution in [-0.4, -0.2) is 96.7 Å². The van der Waals surface area contributed by atoms with E-state index in [1.165, 1.54) is 18.2 Å². The van der Waals surface area contributed by atoms with Crippen molar-refractivity contribution in [1.29, 1.82) is 0 Å². The number of hydrogen-bond acceptors (Lipinski definition) is 6. The Kier molecular flexibility index (Phi) is 12.9. The SMILES string of the molecule is C=CC=CC(=CC)C(C(=O)N1CCCC1c1nc2ccc(-c3ccc4ccc(-c5ccc6nc(C7CCCN7C(=O)C(c7ccccc7)N7CCCCC7)[nH]c6c5)cc4c3)cc2[nH]1)N1CCCCC1. The number of imidazole rings is 2. The van der Waals surface area contributed by atoms with E-state index >= 15 is 0 Å². The molecule has 4 aliphatic rings. The van der Waals surface area contributed by atoms with Gasteiger partial charge in [-0.25, -0.2) is 9.97 Å². The molecule has 4 fully saturated rings. The summed E-state index contributed by atoms with van der Waals surface area (Å²) in [5, 5.41) is 2.34. The molecule has 0 aliphatic carbocycles. The highest BCUT2D eigenvalue weighted by molar-refractivity contribution is 5.93. The molecule has 0 bridgehead atoms. The molecule has 7 aromatic rings. The van der Waals surface area contributed by atoms with E-state index in [1.807, 2.05) is 25.1 Å². The van der Waals surface area contributed by atoms with E-state index in [-0.39, 0.29) is 36.0 Å². The summed E-state index contributed by atoms with van der Waals surface area (Å²) in [7, 11) is 0. The van der Waals surface area contributed by atoms with Gasteiger partial charge in [0, 0.05) is 13.1 Å². The third-order valence-corrected chi connectivity index (χ3v) is 15.4. The molecule has 6 heterocycles. The van der Waals surface area contributed by atoms with Crippen molar-refractivity contribution in [3.8, 4) is 22.3 Å². The quantitative estimate of drug-likeness (QED) is 0.118. The van der Waals surface area contributed by atoms with Crippen LogP contribution < -0.4 is 0 Å². The van der Waals surface area contributed by atoms with E-state index in [4.69, 9.17) is 9.97 Å². The number of hydrogen-bond donors (Lipinski definition) is 2. The second kappa shape index (κ2) is 19.8. The molecule has 11 rings (SSSR count). The number of allylic oxidation sites excluding steroid dienone is 3. The first-order valence-corrected chi connectivity index (χ1v) is 25.6. The number of fused-ring (bicyclic) bond motifs is 3. The second-order valence-corrected chi connectivity index (χ2v) is 19.7. The number of H-pyrrole nitrogens is 2. The zero-order valence-electron chi connectivity index (χ0n) is 40.0. The minimum Gasteiger partial charge on any atom is -0.340 e. The van der Waals surface area contributed by atoms with Crippen LogP contribution in [0.1, 0.15) is 106 Å². The number of nitrogens with one attached hydrogen (secondary N) is 2. The predicted octanol–water partition coefficient (Wildman–Crippen LogP) is 12.0. The maximum Gasteiger partial charge on any atom is 0.245 e. The van der Waals surface area contributed by atoms with Crippen LogP contribution >= 0.6 is 0 Å². The highest BCUT2D eigenvalue weighted by atomic mass is 16.2. The molecule has 69 heavy (non-hydrogen) atoms. The van der Waals surface area contributed by atoms with Gasteiger partial charge in [0.2, 0.25) is 11.8 Å². The lowest BCUT2D eigenvalue weighted by Gasteiger charge is -2.37. The van der Waals surface area contributed by atoms with Crippen molar-refractivity contribution in [2.45, 2.75) is 95.3 Å². The summed E-state index contributed by atoms with van der Waals surface area (Å²) in [6.07, 6.45) is 18.5. The number of rotatable bonds is 12. The smallest absolute Gasteiger partial charge is 0.245 e. The average Bonchev–Trinajstić information content (AvgIpc) is 4.24. The normalized spacial score (nSPS) is 20.7. The first-order chi connectivity index (χ1) is 33.9. The molecule has 352 valence electrons. The average molecular weight is 917 g/mol. The maximum absolute atomic E-state index is 14.6. The van der Waals surface area contributed by atoms with E-state index in [1.54, 1.807) is 6.08 Å². The molecule has 4 unspecified atom stereocenters. The molecule has 0 saturated carbocycles. The second-order valence-electron chi connectivity index (χ2n) is 19.7. The summed E-state index contributed by atoms with van der Waals surface area (Å²) < 4.78 is 0. The Bertz CT molecular complexity index is 3060. The number of nitrogens with zero attached hydrogens (tertiary/aromatic N) is 6. The van der Waals surface area contributed by atoms with Gasteiger partial charge in [-0.05, 0) is 165 Å². The number of likely N-dealkylation sites (tertiary alicyclic amines) is 4. The van der Waals surface area contributed by atoms with Crippen LogP contribution in [0.15, 0.2) is 140 Å². The molecule has 4 saturated heterocycles.